The number of benzene rings is 1. The lowest BCUT2D eigenvalue weighted by atomic mass is 9.88. The van der Waals surface area contributed by atoms with E-state index in [2.05, 4.69) is 27.3 Å². The maximum Gasteiger partial charge on any atom is 0.209 e. The fourth-order valence-electron chi connectivity index (χ4n) is 3.94. The van der Waals surface area contributed by atoms with E-state index >= 15 is 0 Å². The van der Waals surface area contributed by atoms with Crippen molar-refractivity contribution in [2.24, 2.45) is 5.92 Å². The first-order valence-electron chi connectivity index (χ1n) is 8.84. The van der Waals surface area contributed by atoms with Gasteiger partial charge >= 0.3 is 0 Å². The third kappa shape index (κ3) is 4.00. The Kier molecular flexibility index (Phi) is 5.93. The number of nitrogens with one attached hydrogen (secondary N) is 1. The molecule has 1 unspecified atom stereocenters. The standard InChI is InChI=1S/C19H25N3O.ClH/c1-2-5-16(6-3-1)18-13-21-19(23-18)14-22-11-8-15(9-12-22)17-7-4-10-20-17;/h1-3,5-6,13,15,17,20H,4,7-12,14H2;1H. The van der Waals surface area contributed by atoms with Crippen LogP contribution >= 0.6 is 12.4 Å². The zero-order chi connectivity index (χ0) is 15.5. The van der Waals surface area contributed by atoms with E-state index in [-0.39, 0.29) is 12.4 Å². The van der Waals surface area contributed by atoms with Crippen LogP contribution in [-0.2, 0) is 6.54 Å². The molecule has 1 atom stereocenters. The molecule has 0 aliphatic carbocycles. The number of rotatable bonds is 4. The number of piperidine rings is 1. The van der Waals surface area contributed by atoms with Crippen LogP contribution in [-0.4, -0.2) is 35.6 Å². The Morgan fingerprint density at radius 3 is 2.62 bits per heavy atom. The summed E-state index contributed by atoms with van der Waals surface area (Å²) in [5.74, 6) is 2.56. The van der Waals surface area contributed by atoms with Crippen molar-refractivity contribution >= 4 is 12.4 Å². The van der Waals surface area contributed by atoms with Gasteiger partial charge in [0.05, 0.1) is 12.7 Å². The van der Waals surface area contributed by atoms with E-state index in [0.29, 0.717) is 0 Å². The predicted octanol–water partition coefficient (Wildman–Crippen LogP) is 3.73. The lowest BCUT2D eigenvalue weighted by Gasteiger charge is -2.34. The Hall–Kier alpha value is -1.36. The summed E-state index contributed by atoms with van der Waals surface area (Å²) in [6.45, 7) is 4.36. The second-order valence-corrected chi connectivity index (χ2v) is 6.80. The number of nitrogens with zero attached hydrogens (tertiary/aromatic N) is 2. The second-order valence-electron chi connectivity index (χ2n) is 6.80. The third-order valence-corrected chi connectivity index (χ3v) is 5.27. The smallest absolute Gasteiger partial charge is 0.209 e. The summed E-state index contributed by atoms with van der Waals surface area (Å²) in [6, 6.07) is 11.0. The van der Waals surface area contributed by atoms with Crippen molar-refractivity contribution in [3.63, 3.8) is 0 Å². The molecule has 2 aliphatic heterocycles. The molecule has 0 bridgehead atoms. The van der Waals surface area contributed by atoms with E-state index < -0.39 is 0 Å². The first-order chi connectivity index (χ1) is 11.4. The van der Waals surface area contributed by atoms with Crippen molar-refractivity contribution in [2.45, 2.75) is 38.3 Å². The Labute approximate surface area is 150 Å². The fraction of sp³-hybridized carbons (Fsp3) is 0.526. The van der Waals surface area contributed by atoms with Crippen molar-refractivity contribution in [2.75, 3.05) is 19.6 Å². The van der Waals surface area contributed by atoms with Gasteiger partial charge < -0.3 is 9.73 Å². The summed E-state index contributed by atoms with van der Waals surface area (Å²) in [4.78, 5) is 6.94. The summed E-state index contributed by atoms with van der Waals surface area (Å²) in [5.41, 5.74) is 1.09. The minimum absolute atomic E-state index is 0. The van der Waals surface area contributed by atoms with Gasteiger partial charge in [-0.05, 0) is 51.2 Å². The minimum atomic E-state index is 0. The van der Waals surface area contributed by atoms with Gasteiger partial charge in [-0.15, -0.1) is 12.4 Å². The zero-order valence-electron chi connectivity index (χ0n) is 14.0. The van der Waals surface area contributed by atoms with Crippen LogP contribution in [0.15, 0.2) is 40.9 Å². The van der Waals surface area contributed by atoms with Gasteiger partial charge in [0, 0.05) is 11.6 Å². The molecule has 4 rings (SSSR count). The molecule has 0 spiro atoms. The van der Waals surface area contributed by atoms with E-state index in [9.17, 15) is 0 Å². The Morgan fingerprint density at radius 2 is 1.92 bits per heavy atom. The predicted molar refractivity (Wildman–Crippen MR) is 98.2 cm³/mol. The molecule has 1 aromatic heterocycles. The molecule has 2 saturated heterocycles. The Balaban J connectivity index is 0.00000169. The van der Waals surface area contributed by atoms with Crippen LogP contribution in [0.1, 0.15) is 31.6 Å². The largest absolute Gasteiger partial charge is 0.439 e. The molecule has 2 fully saturated rings. The SMILES string of the molecule is Cl.c1ccc(-c2cnc(CN3CCC(C4CCCN4)CC3)o2)cc1. The number of hydrogen-bond acceptors (Lipinski definition) is 4. The monoisotopic (exact) mass is 347 g/mol. The first kappa shape index (κ1) is 17.5. The number of halogens is 1. The topological polar surface area (TPSA) is 41.3 Å². The van der Waals surface area contributed by atoms with Gasteiger partial charge in [0.1, 0.15) is 0 Å². The van der Waals surface area contributed by atoms with Crippen LogP contribution in [0.2, 0.25) is 0 Å². The molecule has 3 heterocycles. The van der Waals surface area contributed by atoms with Gasteiger partial charge in [-0.1, -0.05) is 30.3 Å². The normalized spacial score (nSPS) is 22.4. The molecule has 2 aliphatic rings. The van der Waals surface area contributed by atoms with Crippen molar-refractivity contribution in [3.8, 4) is 11.3 Å². The molecule has 1 N–H and O–H groups in total. The minimum Gasteiger partial charge on any atom is -0.439 e. The van der Waals surface area contributed by atoms with Crippen LogP contribution < -0.4 is 5.32 Å². The third-order valence-electron chi connectivity index (χ3n) is 5.27. The van der Waals surface area contributed by atoms with Crippen LogP contribution in [0, 0.1) is 5.92 Å². The van der Waals surface area contributed by atoms with E-state index in [0.717, 1.165) is 48.8 Å². The van der Waals surface area contributed by atoms with Gasteiger partial charge in [0.15, 0.2) is 5.76 Å². The molecular weight excluding hydrogens is 322 g/mol. The van der Waals surface area contributed by atoms with Gasteiger partial charge in [-0.3, -0.25) is 4.90 Å². The molecule has 2 aromatic rings. The summed E-state index contributed by atoms with van der Waals surface area (Å²) >= 11 is 0. The first-order valence-corrected chi connectivity index (χ1v) is 8.84. The van der Waals surface area contributed by atoms with Crippen molar-refractivity contribution in [1.29, 1.82) is 0 Å². The summed E-state index contributed by atoms with van der Waals surface area (Å²) in [6.07, 6.45) is 7.15. The number of oxazole rings is 1. The number of hydrogen-bond donors (Lipinski definition) is 1. The van der Waals surface area contributed by atoms with Crippen LogP contribution in [0.4, 0.5) is 0 Å². The molecule has 1 aromatic carbocycles. The Bertz CT molecular complexity index is 617. The van der Waals surface area contributed by atoms with Gasteiger partial charge in [-0.2, -0.15) is 0 Å². The molecule has 5 heteroatoms. The highest BCUT2D eigenvalue weighted by Gasteiger charge is 2.28. The average molecular weight is 348 g/mol. The quantitative estimate of drug-likeness (QED) is 0.915. The molecule has 0 amide bonds. The molecule has 130 valence electrons. The highest BCUT2D eigenvalue weighted by Crippen LogP contribution is 2.27. The Morgan fingerprint density at radius 1 is 1.12 bits per heavy atom. The molecule has 0 saturated carbocycles. The maximum absolute atomic E-state index is 5.93. The average Bonchev–Trinajstić information content (AvgIpc) is 3.28. The van der Waals surface area contributed by atoms with E-state index in [1.807, 2.05) is 24.4 Å². The summed E-state index contributed by atoms with van der Waals surface area (Å²) in [7, 11) is 0. The van der Waals surface area contributed by atoms with E-state index in [1.54, 1.807) is 0 Å². The molecular formula is C19H26ClN3O. The highest BCUT2D eigenvalue weighted by molar-refractivity contribution is 5.85. The lowest BCUT2D eigenvalue weighted by Crippen LogP contribution is -2.40. The van der Waals surface area contributed by atoms with Crippen molar-refractivity contribution < 1.29 is 4.42 Å². The van der Waals surface area contributed by atoms with Crippen LogP contribution in [0.25, 0.3) is 11.3 Å². The number of likely N-dealkylation sites (tertiary alicyclic amines) is 1. The van der Waals surface area contributed by atoms with Crippen molar-refractivity contribution in [1.82, 2.24) is 15.2 Å². The molecule has 4 nitrogen and oxygen atoms in total. The van der Waals surface area contributed by atoms with Gasteiger partial charge in [0.2, 0.25) is 5.89 Å². The summed E-state index contributed by atoms with van der Waals surface area (Å²) < 4.78 is 5.93. The van der Waals surface area contributed by atoms with Crippen LogP contribution in [0.3, 0.4) is 0 Å². The lowest BCUT2D eigenvalue weighted by molar-refractivity contribution is 0.147. The van der Waals surface area contributed by atoms with Crippen LogP contribution in [0.5, 0.6) is 0 Å². The van der Waals surface area contributed by atoms with Crippen molar-refractivity contribution in [3.05, 3.63) is 42.4 Å². The number of aromatic nitrogens is 1. The van der Waals surface area contributed by atoms with E-state index in [1.165, 1.54) is 32.2 Å². The molecule has 0 radical (unpaired) electrons. The van der Waals surface area contributed by atoms with Gasteiger partial charge in [-0.25, -0.2) is 4.98 Å². The molecule has 24 heavy (non-hydrogen) atoms. The zero-order valence-corrected chi connectivity index (χ0v) is 14.8. The summed E-state index contributed by atoms with van der Waals surface area (Å²) in [5, 5.41) is 3.66. The highest BCUT2D eigenvalue weighted by atomic mass is 35.5. The van der Waals surface area contributed by atoms with Gasteiger partial charge in [0.25, 0.3) is 0 Å². The maximum atomic E-state index is 5.93. The van der Waals surface area contributed by atoms with E-state index in [4.69, 9.17) is 4.42 Å². The fourth-order valence-corrected chi connectivity index (χ4v) is 3.94. The second kappa shape index (κ2) is 8.15.